The molecule has 0 aliphatic carbocycles. The Hall–Kier alpha value is -1.54. The van der Waals surface area contributed by atoms with Crippen molar-refractivity contribution in [2.75, 3.05) is 11.9 Å². The molecule has 0 atom stereocenters. The molecule has 2 N–H and O–H groups in total. The summed E-state index contributed by atoms with van der Waals surface area (Å²) in [5, 5.41) is 14.8. The van der Waals surface area contributed by atoms with Crippen molar-refractivity contribution in [2.24, 2.45) is 0 Å². The molecule has 0 unspecified atom stereocenters. The minimum absolute atomic E-state index is 0.0326. The van der Waals surface area contributed by atoms with Crippen LogP contribution in [0.4, 0.5) is 5.69 Å². The number of rotatable bonds is 5. The molecule has 0 spiro atoms. The number of carbonyl (C=O) groups is 1. The van der Waals surface area contributed by atoms with Crippen molar-refractivity contribution in [1.82, 2.24) is 5.32 Å². The number of anilines is 1. The third-order valence-corrected chi connectivity index (χ3v) is 2.88. The SMILES string of the molecule is CC(C)NC(=O)CCNc1ccc(C#N)c(Br)c1. The third-order valence-electron chi connectivity index (χ3n) is 2.22. The number of carbonyl (C=O) groups excluding carboxylic acids is 1. The topological polar surface area (TPSA) is 64.9 Å². The van der Waals surface area contributed by atoms with Crippen molar-refractivity contribution >= 4 is 27.5 Å². The fourth-order valence-electron chi connectivity index (χ4n) is 1.43. The van der Waals surface area contributed by atoms with Crippen molar-refractivity contribution in [2.45, 2.75) is 26.3 Å². The Morgan fingerprint density at radius 2 is 2.22 bits per heavy atom. The van der Waals surface area contributed by atoms with Crippen LogP contribution < -0.4 is 10.6 Å². The monoisotopic (exact) mass is 309 g/mol. The van der Waals surface area contributed by atoms with Crippen LogP contribution in [-0.4, -0.2) is 18.5 Å². The number of nitrogens with one attached hydrogen (secondary N) is 2. The van der Waals surface area contributed by atoms with Gasteiger partial charge in [0.2, 0.25) is 5.91 Å². The van der Waals surface area contributed by atoms with Gasteiger partial charge in [-0.25, -0.2) is 0 Å². The van der Waals surface area contributed by atoms with Crippen molar-refractivity contribution < 1.29 is 4.79 Å². The minimum Gasteiger partial charge on any atom is -0.384 e. The first-order valence-corrected chi connectivity index (χ1v) is 6.55. The predicted molar refractivity (Wildman–Crippen MR) is 75.2 cm³/mol. The highest BCUT2D eigenvalue weighted by molar-refractivity contribution is 9.10. The average molecular weight is 310 g/mol. The van der Waals surface area contributed by atoms with Crippen LogP contribution in [0.5, 0.6) is 0 Å². The number of nitriles is 1. The van der Waals surface area contributed by atoms with E-state index in [1.165, 1.54) is 0 Å². The Labute approximate surface area is 116 Å². The zero-order valence-corrected chi connectivity index (χ0v) is 12.0. The van der Waals surface area contributed by atoms with Gasteiger partial charge in [-0.1, -0.05) is 0 Å². The van der Waals surface area contributed by atoms with Gasteiger partial charge in [-0.15, -0.1) is 0 Å². The van der Waals surface area contributed by atoms with Gasteiger partial charge in [0.25, 0.3) is 0 Å². The van der Waals surface area contributed by atoms with Gasteiger partial charge in [0.1, 0.15) is 6.07 Å². The molecular formula is C13H16BrN3O. The highest BCUT2D eigenvalue weighted by Crippen LogP contribution is 2.20. The van der Waals surface area contributed by atoms with E-state index in [1.807, 2.05) is 26.0 Å². The summed E-state index contributed by atoms with van der Waals surface area (Å²) in [6.07, 6.45) is 0.426. The Morgan fingerprint density at radius 3 is 2.78 bits per heavy atom. The number of halogens is 1. The Morgan fingerprint density at radius 1 is 1.50 bits per heavy atom. The van der Waals surface area contributed by atoms with Crippen molar-refractivity contribution in [1.29, 1.82) is 5.26 Å². The summed E-state index contributed by atoms with van der Waals surface area (Å²) < 4.78 is 0.752. The molecule has 0 fully saturated rings. The van der Waals surface area contributed by atoms with Crippen molar-refractivity contribution in [3.63, 3.8) is 0 Å². The van der Waals surface area contributed by atoms with Crippen molar-refractivity contribution in [3.8, 4) is 6.07 Å². The lowest BCUT2D eigenvalue weighted by Gasteiger charge is -2.10. The fourth-order valence-corrected chi connectivity index (χ4v) is 1.90. The van der Waals surface area contributed by atoms with Crippen LogP contribution in [0.3, 0.4) is 0 Å². The zero-order valence-electron chi connectivity index (χ0n) is 10.5. The van der Waals surface area contributed by atoms with Crippen LogP contribution >= 0.6 is 15.9 Å². The maximum absolute atomic E-state index is 11.4. The Bertz CT molecular complexity index is 466. The molecule has 0 heterocycles. The average Bonchev–Trinajstić information content (AvgIpc) is 2.28. The minimum atomic E-state index is 0.0326. The van der Waals surface area contributed by atoms with Crippen LogP contribution in [0, 0.1) is 11.3 Å². The highest BCUT2D eigenvalue weighted by atomic mass is 79.9. The first-order chi connectivity index (χ1) is 8.52. The summed E-state index contributed by atoms with van der Waals surface area (Å²) in [6, 6.07) is 7.64. The van der Waals surface area contributed by atoms with Crippen LogP contribution in [0.15, 0.2) is 22.7 Å². The number of nitrogens with zero attached hydrogens (tertiary/aromatic N) is 1. The van der Waals surface area contributed by atoms with E-state index in [4.69, 9.17) is 5.26 Å². The molecular weight excluding hydrogens is 294 g/mol. The molecule has 1 aromatic carbocycles. The standard InChI is InChI=1S/C13H16BrN3O/c1-9(2)17-13(18)5-6-16-11-4-3-10(8-15)12(14)7-11/h3-4,7,9,16H,5-6H2,1-2H3,(H,17,18). The van der Waals surface area contributed by atoms with Gasteiger partial charge in [-0.3, -0.25) is 4.79 Å². The van der Waals surface area contributed by atoms with Crippen LogP contribution in [-0.2, 0) is 4.79 Å². The summed E-state index contributed by atoms with van der Waals surface area (Å²) in [5.41, 5.74) is 1.48. The number of hydrogen-bond donors (Lipinski definition) is 2. The quantitative estimate of drug-likeness (QED) is 0.879. The van der Waals surface area contributed by atoms with E-state index >= 15 is 0 Å². The fraction of sp³-hybridized carbons (Fsp3) is 0.385. The molecule has 0 aliphatic heterocycles. The summed E-state index contributed by atoms with van der Waals surface area (Å²) in [5.74, 6) is 0.0326. The summed E-state index contributed by atoms with van der Waals surface area (Å²) >= 11 is 3.32. The van der Waals surface area contributed by atoms with Crippen LogP contribution in [0.2, 0.25) is 0 Å². The van der Waals surface area contributed by atoms with E-state index in [2.05, 4.69) is 32.6 Å². The van der Waals surface area contributed by atoms with E-state index in [-0.39, 0.29) is 11.9 Å². The molecule has 18 heavy (non-hydrogen) atoms. The van der Waals surface area contributed by atoms with E-state index in [0.29, 0.717) is 18.5 Å². The molecule has 0 radical (unpaired) electrons. The van der Waals surface area contributed by atoms with E-state index < -0.39 is 0 Å². The molecule has 1 amide bonds. The van der Waals surface area contributed by atoms with Crippen molar-refractivity contribution in [3.05, 3.63) is 28.2 Å². The Balaban J connectivity index is 2.43. The first kappa shape index (κ1) is 14.5. The first-order valence-electron chi connectivity index (χ1n) is 5.76. The van der Waals surface area contributed by atoms with E-state index in [1.54, 1.807) is 6.07 Å². The van der Waals surface area contributed by atoms with E-state index in [9.17, 15) is 4.79 Å². The molecule has 0 aliphatic rings. The normalized spacial score (nSPS) is 9.94. The van der Waals surface area contributed by atoms with E-state index in [0.717, 1.165) is 10.2 Å². The molecule has 4 nitrogen and oxygen atoms in total. The third kappa shape index (κ3) is 4.76. The number of amides is 1. The van der Waals surface area contributed by atoms with Gasteiger partial charge < -0.3 is 10.6 Å². The second-order valence-electron chi connectivity index (χ2n) is 4.21. The molecule has 96 valence electrons. The molecule has 0 saturated heterocycles. The second kappa shape index (κ2) is 7.02. The summed E-state index contributed by atoms with van der Waals surface area (Å²) in [4.78, 5) is 11.4. The summed E-state index contributed by atoms with van der Waals surface area (Å²) in [6.45, 7) is 4.43. The number of hydrogen-bond acceptors (Lipinski definition) is 3. The summed E-state index contributed by atoms with van der Waals surface area (Å²) in [7, 11) is 0. The van der Waals surface area contributed by atoms with Crippen LogP contribution in [0.25, 0.3) is 0 Å². The van der Waals surface area contributed by atoms with Crippen LogP contribution in [0.1, 0.15) is 25.8 Å². The van der Waals surface area contributed by atoms with Gasteiger partial charge in [0.05, 0.1) is 5.56 Å². The molecule has 0 aromatic heterocycles. The molecule has 5 heteroatoms. The zero-order chi connectivity index (χ0) is 13.5. The molecule has 1 aromatic rings. The second-order valence-corrected chi connectivity index (χ2v) is 5.06. The Kier molecular flexibility index (Phi) is 5.66. The molecule has 1 rings (SSSR count). The van der Waals surface area contributed by atoms with Gasteiger partial charge in [-0.05, 0) is 48.0 Å². The highest BCUT2D eigenvalue weighted by Gasteiger charge is 2.03. The largest absolute Gasteiger partial charge is 0.384 e. The molecule has 0 saturated carbocycles. The maximum Gasteiger partial charge on any atom is 0.221 e. The number of benzene rings is 1. The van der Waals surface area contributed by atoms with Gasteiger partial charge in [0.15, 0.2) is 0 Å². The smallest absolute Gasteiger partial charge is 0.221 e. The van der Waals surface area contributed by atoms with Gasteiger partial charge in [0, 0.05) is 29.2 Å². The lowest BCUT2D eigenvalue weighted by atomic mass is 10.2. The maximum atomic E-state index is 11.4. The van der Waals surface area contributed by atoms with Gasteiger partial charge >= 0.3 is 0 Å². The lowest BCUT2D eigenvalue weighted by Crippen LogP contribution is -2.31. The predicted octanol–water partition coefficient (Wildman–Crippen LogP) is 2.65. The lowest BCUT2D eigenvalue weighted by molar-refractivity contribution is -0.121. The van der Waals surface area contributed by atoms with Gasteiger partial charge in [-0.2, -0.15) is 5.26 Å². The molecule has 0 bridgehead atoms.